The summed E-state index contributed by atoms with van der Waals surface area (Å²) in [6.07, 6.45) is 33.2. The summed E-state index contributed by atoms with van der Waals surface area (Å²) in [7, 11) is -4.61. The van der Waals surface area contributed by atoms with Crippen LogP contribution >= 0.6 is 7.82 Å². The number of hydrogen-bond donors (Lipinski definition) is 3. The van der Waals surface area contributed by atoms with Gasteiger partial charge in [0.2, 0.25) is 0 Å². The van der Waals surface area contributed by atoms with Gasteiger partial charge in [-0.05, 0) is 38.5 Å². The maximum absolute atomic E-state index is 12.6. The zero-order valence-electron chi connectivity index (χ0n) is 32.6. The van der Waals surface area contributed by atoms with Gasteiger partial charge >= 0.3 is 19.8 Å². The van der Waals surface area contributed by atoms with Crippen LogP contribution in [-0.2, 0) is 32.7 Å². The predicted octanol–water partition coefficient (Wildman–Crippen LogP) is 10.4. The largest absolute Gasteiger partial charge is 0.472 e. The third-order valence-electron chi connectivity index (χ3n) is 8.92. The van der Waals surface area contributed by atoms with E-state index in [4.69, 9.17) is 19.1 Å². The van der Waals surface area contributed by atoms with Crippen LogP contribution in [0.15, 0.2) is 12.2 Å². The van der Waals surface area contributed by atoms with Gasteiger partial charge in [-0.2, -0.15) is 0 Å². The maximum atomic E-state index is 12.6. The number of esters is 2. The number of aliphatic hydroxyl groups is 2. The number of carbonyl (C=O) groups excluding carboxylic acids is 2. The maximum Gasteiger partial charge on any atom is 0.472 e. The molecule has 3 atom stereocenters. The highest BCUT2D eigenvalue weighted by Crippen LogP contribution is 2.43. The molecule has 0 aromatic carbocycles. The molecule has 11 heteroatoms. The van der Waals surface area contributed by atoms with Crippen molar-refractivity contribution in [3.05, 3.63) is 12.2 Å². The van der Waals surface area contributed by atoms with Crippen LogP contribution in [0.4, 0.5) is 0 Å². The van der Waals surface area contributed by atoms with Crippen LogP contribution in [0, 0.1) is 0 Å². The van der Waals surface area contributed by atoms with Gasteiger partial charge in [-0.25, -0.2) is 4.57 Å². The molecule has 0 aliphatic heterocycles. The molecule has 0 heterocycles. The Hall–Kier alpha value is -1.29. The van der Waals surface area contributed by atoms with Gasteiger partial charge in [0, 0.05) is 12.8 Å². The first-order valence-electron chi connectivity index (χ1n) is 20.6. The smallest absolute Gasteiger partial charge is 0.462 e. The molecule has 0 aromatic rings. The molecule has 51 heavy (non-hydrogen) atoms. The molecule has 302 valence electrons. The molecule has 0 aliphatic carbocycles. The lowest BCUT2D eigenvalue weighted by atomic mass is 10.0. The molecule has 0 bridgehead atoms. The fourth-order valence-corrected chi connectivity index (χ4v) is 6.48. The number of rotatable bonds is 39. The van der Waals surface area contributed by atoms with Gasteiger partial charge < -0.3 is 24.6 Å². The average molecular weight is 749 g/mol. The zero-order valence-corrected chi connectivity index (χ0v) is 33.5. The first kappa shape index (κ1) is 49.7. The van der Waals surface area contributed by atoms with Crippen LogP contribution in [0.1, 0.15) is 194 Å². The van der Waals surface area contributed by atoms with E-state index in [1.807, 2.05) is 0 Å². The fraction of sp³-hybridized carbons (Fsp3) is 0.900. The topological polar surface area (TPSA) is 149 Å². The normalized spacial score (nSPS) is 14.1. The molecule has 0 rings (SSSR count). The lowest BCUT2D eigenvalue weighted by Gasteiger charge is -2.20. The first-order chi connectivity index (χ1) is 24.7. The minimum atomic E-state index is -4.61. The molecule has 0 fully saturated rings. The van der Waals surface area contributed by atoms with Gasteiger partial charge in [-0.1, -0.05) is 154 Å². The number of unbranched alkanes of at least 4 members (excludes halogenated alkanes) is 23. The lowest BCUT2D eigenvalue weighted by molar-refractivity contribution is -0.161. The van der Waals surface area contributed by atoms with Crippen molar-refractivity contribution < 1.29 is 47.8 Å². The molecule has 10 nitrogen and oxygen atoms in total. The highest BCUT2D eigenvalue weighted by molar-refractivity contribution is 7.47. The summed E-state index contributed by atoms with van der Waals surface area (Å²) in [5.41, 5.74) is 0. The molecule has 0 saturated heterocycles. The van der Waals surface area contributed by atoms with E-state index in [-0.39, 0.29) is 19.4 Å². The zero-order chi connectivity index (χ0) is 37.7. The Balaban J connectivity index is 4.32. The van der Waals surface area contributed by atoms with Crippen molar-refractivity contribution in [2.24, 2.45) is 0 Å². The Labute approximate surface area is 311 Å². The Kier molecular flexibility index (Phi) is 36.1. The van der Waals surface area contributed by atoms with E-state index in [0.29, 0.717) is 12.8 Å². The van der Waals surface area contributed by atoms with Crippen LogP contribution in [0.2, 0.25) is 0 Å². The number of aliphatic hydroxyl groups excluding tert-OH is 2. The second-order valence-corrected chi connectivity index (χ2v) is 15.5. The molecular formula is C40H77O10P. The van der Waals surface area contributed by atoms with Crippen LogP contribution in [0.5, 0.6) is 0 Å². The summed E-state index contributed by atoms with van der Waals surface area (Å²) < 4.78 is 32.6. The summed E-state index contributed by atoms with van der Waals surface area (Å²) in [6, 6.07) is 0. The SMILES string of the molecule is CCCCCCCC/C=C/CCCCCCCC(=O)O[C@@H](COC(=O)CCCCCCCCCCCCCCC)COP(=O)(O)OC[C@H](O)CO. The second-order valence-electron chi connectivity index (χ2n) is 14.0. The van der Waals surface area contributed by atoms with Gasteiger partial charge in [0.1, 0.15) is 12.7 Å². The van der Waals surface area contributed by atoms with Crippen molar-refractivity contribution >= 4 is 19.8 Å². The van der Waals surface area contributed by atoms with E-state index < -0.39 is 51.8 Å². The molecule has 0 aliphatic rings. The molecule has 3 N–H and O–H groups in total. The third-order valence-corrected chi connectivity index (χ3v) is 9.87. The van der Waals surface area contributed by atoms with E-state index in [1.165, 1.54) is 96.3 Å². The summed E-state index contributed by atoms with van der Waals surface area (Å²) in [6.45, 7) is 2.37. The Morgan fingerprint density at radius 2 is 0.961 bits per heavy atom. The summed E-state index contributed by atoms with van der Waals surface area (Å²) in [5.74, 6) is -0.927. The van der Waals surface area contributed by atoms with Gasteiger partial charge in [0.05, 0.1) is 19.8 Å². The Morgan fingerprint density at radius 1 is 0.569 bits per heavy atom. The second kappa shape index (κ2) is 37.0. The number of phosphoric ester groups is 1. The average Bonchev–Trinajstić information content (AvgIpc) is 3.12. The minimum absolute atomic E-state index is 0.178. The highest BCUT2D eigenvalue weighted by Gasteiger charge is 2.27. The number of hydrogen-bond acceptors (Lipinski definition) is 9. The van der Waals surface area contributed by atoms with E-state index in [1.54, 1.807) is 0 Å². The first-order valence-corrected chi connectivity index (χ1v) is 22.1. The van der Waals surface area contributed by atoms with Crippen molar-refractivity contribution in [2.75, 3.05) is 26.4 Å². The van der Waals surface area contributed by atoms with Crippen LogP contribution in [-0.4, -0.2) is 65.7 Å². The van der Waals surface area contributed by atoms with Gasteiger partial charge in [0.25, 0.3) is 0 Å². The summed E-state index contributed by atoms with van der Waals surface area (Å²) in [4.78, 5) is 34.9. The monoisotopic (exact) mass is 749 g/mol. The van der Waals surface area contributed by atoms with Crippen molar-refractivity contribution in [3.63, 3.8) is 0 Å². The number of phosphoric acid groups is 1. The van der Waals surface area contributed by atoms with Gasteiger partial charge in [-0.3, -0.25) is 18.6 Å². The van der Waals surface area contributed by atoms with Crippen molar-refractivity contribution in [1.29, 1.82) is 0 Å². The number of allylic oxidation sites excluding steroid dienone is 2. The minimum Gasteiger partial charge on any atom is -0.462 e. The molecule has 1 unspecified atom stereocenters. The van der Waals surface area contributed by atoms with Crippen molar-refractivity contribution in [3.8, 4) is 0 Å². The van der Waals surface area contributed by atoms with E-state index >= 15 is 0 Å². The lowest BCUT2D eigenvalue weighted by Crippen LogP contribution is -2.29. The van der Waals surface area contributed by atoms with E-state index in [9.17, 15) is 24.2 Å². The molecule has 0 aromatic heterocycles. The van der Waals surface area contributed by atoms with Crippen molar-refractivity contribution in [1.82, 2.24) is 0 Å². The van der Waals surface area contributed by atoms with Crippen LogP contribution < -0.4 is 0 Å². The fourth-order valence-electron chi connectivity index (χ4n) is 5.69. The molecule has 0 amide bonds. The Morgan fingerprint density at radius 3 is 1.41 bits per heavy atom. The van der Waals surface area contributed by atoms with Gasteiger partial charge in [0.15, 0.2) is 6.10 Å². The molecule has 0 spiro atoms. The van der Waals surface area contributed by atoms with Crippen molar-refractivity contribution in [2.45, 2.75) is 206 Å². The highest BCUT2D eigenvalue weighted by atomic mass is 31.2. The van der Waals surface area contributed by atoms with E-state index in [0.717, 1.165) is 57.8 Å². The summed E-state index contributed by atoms with van der Waals surface area (Å²) in [5, 5.41) is 18.3. The molecular weight excluding hydrogens is 671 g/mol. The summed E-state index contributed by atoms with van der Waals surface area (Å²) >= 11 is 0. The molecule has 0 radical (unpaired) electrons. The van der Waals surface area contributed by atoms with Crippen LogP contribution in [0.25, 0.3) is 0 Å². The standard InChI is InChI=1S/C40H77O10P/c1-3-5-7-9-11-13-15-17-18-20-22-24-26-28-30-32-40(44)50-38(36-49-51(45,46)48-34-37(42)33-41)35-47-39(43)31-29-27-25-23-21-19-16-14-12-10-8-6-4-2/h17-18,37-38,41-42H,3-16,19-36H2,1-2H3,(H,45,46)/b18-17+/t37-,38+/m1/s1. The van der Waals surface area contributed by atoms with Gasteiger partial charge in [-0.15, -0.1) is 0 Å². The molecule has 0 saturated carbocycles. The quantitative estimate of drug-likeness (QED) is 0.0240. The third kappa shape index (κ3) is 36.8. The number of ether oxygens (including phenoxy) is 2. The number of carbonyl (C=O) groups is 2. The Bertz CT molecular complexity index is 868. The van der Waals surface area contributed by atoms with Crippen LogP contribution in [0.3, 0.4) is 0 Å². The van der Waals surface area contributed by atoms with E-state index in [2.05, 4.69) is 30.5 Å². The predicted molar refractivity (Wildman–Crippen MR) is 205 cm³/mol.